The molecule has 0 saturated carbocycles. The molecule has 2 heterocycles. The Hall–Kier alpha value is -0.460. The molecule has 2 aromatic rings. The standard InChI is InChI=1S/C9H10BrN3S2/c1-5(2)13-8(11-12-9(13)14)6-3-4-7(10)15-6/h3-5H,1-2H3,(H,12,14). The summed E-state index contributed by atoms with van der Waals surface area (Å²) in [6.45, 7) is 4.19. The number of hydrogen-bond acceptors (Lipinski definition) is 3. The summed E-state index contributed by atoms with van der Waals surface area (Å²) >= 11 is 10.3. The molecule has 2 aromatic heterocycles. The normalized spacial score (nSPS) is 11.2. The summed E-state index contributed by atoms with van der Waals surface area (Å²) in [4.78, 5) is 1.11. The van der Waals surface area contributed by atoms with Crippen molar-refractivity contribution < 1.29 is 0 Å². The van der Waals surface area contributed by atoms with Gasteiger partial charge in [0.2, 0.25) is 0 Å². The number of H-pyrrole nitrogens is 1. The topological polar surface area (TPSA) is 33.6 Å². The van der Waals surface area contributed by atoms with E-state index in [4.69, 9.17) is 12.2 Å². The van der Waals surface area contributed by atoms with E-state index in [0.717, 1.165) is 14.5 Å². The third kappa shape index (κ3) is 2.07. The van der Waals surface area contributed by atoms with Crippen LogP contribution in [0.1, 0.15) is 19.9 Å². The van der Waals surface area contributed by atoms with E-state index in [1.165, 1.54) is 0 Å². The van der Waals surface area contributed by atoms with Crippen molar-refractivity contribution in [2.45, 2.75) is 19.9 Å². The molecule has 80 valence electrons. The van der Waals surface area contributed by atoms with Crippen molar-refractivity contribution in [2.75, 3.05) is 0 Å². The molecule has 0 saturated heterocycles. The molecular weight excluding hydrogens is 294 g/mol. The van der Waals surface area contributed by atoms with Gasteiger partial charge in [0.15, 0.2) is 10.6 Å². The van der Waals surface area contributed by atoms with Crippen LogP contribution in [0.5, 0.6) is 0 Å². The maximum atomic E-state index is 5.19. The molecule has 2 rings (SSSR count). The molecule has 0 amide bonds. The van der Waals surface area contributed by atoms with Gasteiger partial charge in [0.1, 0.15) is 0 Å². The number of nitrogens with one attached hydrogen (secondary N) is 1. The van der Waals surface area contributed by atoms with Crippen molar-refractivity contribution in [3.8, 4) is 10.7 Å². The number of aromatic amines is 1. The maximum absolute atomic E-state index is 5.19. The smallest absolute Gasteiger partial charge is 0.195 e. The number of nitrogens with zero attached hydrogens (tertiary/aromatic N) is 2. The number of aromatic nitrogens is 3. The summed E-state index contributed by atoms with van der Waals surface area (Å²) < 4.78 is 3.79. The van der Waals surface area contributed by atoms with Gasteiger partial charge in [-0.25, -0.2) is 0 Å². The molecule has 0 aliphatic rings. The van der Waals surface area contributed by atoms with E-state index >= 15 is 0 Å². The summed E-state index contributed by atoms with van der Waals surface area (Å²) in [7, 11) is 0. The van der Waals surface area contributed by atoms with Crippen LogP contribution < -0.4 is 0 Å². The van der Waals surface area contributed by atoms with E-state index in [9.17, 15) is 0 Å². The van der Waals surface area contributed by atoms with Crippen LogP contribution >= 0.6 is 39.5 Å². The van der Waals surface area contributed by atoms with E-state index in [1.54, 1.807) is 11.3 Å². The van der Waals surface area contributed by atoms with E-state index in [2.05, 4.69) is 40.0 Å². The summed E-state index contributed by atoms with van der Waals surface area (Å²) in [5.41, 5.74) is 0. The lowest BCUT2D eigenvalue weighted by Crippen LogP contribution is -2.02. The Bertz CT molecular complexity index is 523. The molecule has 0 radical (unpaired) electrons. The highest BCUT2D eigenvalue weighted by Gasteiger charge is 2.12. The van der Waals surface area contributed by atoms with Crippen molar-refractivity contribution in [3.05, 3.63) is 20.7 Å². The predicted molar refractivity (Wildman–Crippen MR) is 68.8 cm³/mol. The lowest BCUT2D eigenvalue weighted by Gasteiger charge is -2.08. The van der Waals surface area contributed by atoms with Gasteiger partial charge in [-0.15, -0.1) is 11.3 Å². The van der Waals surface area contributed by atoms with Crippen molar-refractivity contribution in [1.29, 1.82) is 0 Å². The van der Waals surface area contributed by atoms with Gasteiger partial charge in [0.25, 0.3) is 0 Å². The van der Waals surface area contributed by atoms with Gasteiger partial charge in [-0.05, 0) is 54.1 Å². The van der Waals surface area contributed by atoms with Crippen molar-refractivity contribution in [1.82, 2.24) is 14.8 Å². The van der Waals surface area contributed by atoms with Gasteiger partial charge in [-0.1, -0.05) is 0 Å². The Labute approximate surface area is 105 Å². The SMILES string of the molecule is CC(C)n1c(-c2ccc(Br)s2)n[nH]c1=S. The Balaban J connectivity index is 2.58. The molecule has 1 N–H and O–H groups in total. The second kappa shape index (κ2) is 4.19. The van der Waals surface area contributed by atoms with E-state index in [0.29, 0.717) is 10.8 Å². The molecule has 6 heteroatoms. The highest BCUT2D eigenvalue weighted by Crippen LogP contribution is 2.31. The first-order chi connectivity index (χ1) is 7.09. The van der Waals surface area contributed by atoms with Crippen LogP contribution in [-0.2, 0) is 0 Å². The number of thiophene rings is 1. The zero-order chi connectivity index (χ0) is 11.0. The van der Waals surface area contributed by atoms with Crippen LogP contribution in [0.25, 0.3) is 10.7 Å². The summed E-state index contributed by atoms with van der Waals surface area (Å²) in [6.07, 6.45) is 0. The largest absolute Gasteiger partial charge is 0.297 e. The van der Waals surface area contributed by atoms with Crippen molar-refractivity contribution in [3.63, 3.8) is 0 Å². The first kappa shape index (κ1) is 11.0. The molecule has 0 unspecified atom stereocenters. The minimum absolute atomic E-state index is 0.312. The van der Waals surface area contributed by atoms with Crippen molar-refractivity contribution >= 4 is 39.5 Å². The quantitative estimate of drug-likeness (QED) is 0.850. The van der Waals surface area contributed by atoms with Gasteiger partial charge in [0.05, 0.1) is 8.66 Å². The minimum Gasteiger partial charge on any atom is -0.297 e. The predicted octanol–water partition coefficient (Wildman–Crippen LogP) is 4.01. The minimum atomic E-state index is 0.312. The zero-order valence-electron chi connectivity index (χ0n) is 8.32. The van der Waals surface area contributed by atoms with E-state index in [1.807, 2.05) is 16.7 Å². The molecule has 0 aliphatic carbocycles. The van der Waals surface area contributed by atoms with E-state index < -0.39 is 0 Å². The van der Waals surface area contributed by atoms with Crippen LogP contribution in [0.2, 0.25) is 0 Å². The number of rotatable bonds is 2. The molecule has 0 fully saturated rings. The van der Waals surface area contributed by atoms with Gasteiger partial charge in [-0.3, -0.25) is 9.67 Å². The van der Waals surface area contributed by atoms with Crippen molar-refractivity contribution in [2.24, 2.45) is 0 Å². The average Bonchev–Trinajstić information content (AvgIpc) is 2.71. The monoisotopic (exact) mass is 303 g/mol. The highest BCUT2D eigenvalue weighted by molar-refractivity contribution is 9.11. The number of halogens is 1. The highest BCUT2D eigenvalue weighted by atomic mass is 79.9. The molecule has 3 nitrogen and oxygen atoms in total. The molecule has 15 heavy (non-hydrogen) atoms. The van der Waals surface area contributed by atoms with Crippen LogP contribution in [0.15, 0.2) is 15.9 Å². The van der Waals surface area contributed by atoms with Crippen LogP contribution in [0, 0.1) is 4.77 Å². The maximum Gasteiger partial charge on any atom is 0.195 e. The second-order valence-electron chi connectivity index (χ2n) is 3.42. The molecule has 0 atom stereocenters. The summed E-state index contributed by atoms with van der Waals surface area (Å²) in [6, 6.07) is 4.37. The average molecular weight is 304 g/mol. The van der Waals surface area contributed by atoms with Crippen LogP contribution in [0.4, 0.5) is 0 Å². The lowest BCUT2D eigenvalue weighted by molar-refractivity contribution is 0.597. The van der Waals surface area contributed by atoms with Gasteiger partial charge < -0.3 is 0 Å². The lowest BCUT2D eigenvalue weighted by atomic mass is 10.3. The van der Waals surface area contributed by atoms with Crippen LogP contribution in [-0.4, -0.2) is 14.8 Å². The molecule has 0 aromatic carbocycles. The second-order valence-corrected chi connectivity index (χ2v) is 6.27. The van der Waals surface area contributed by atoms with E-state index in [-0.39, 0.29) is 0 Å². The van der Waals surface area contributed by atoms with Gasteiger partial charge in [-0.2, -0.15) is 5.10 Å². The fraction of sp³-hybridized carbons (Fsp3) is 0.333. The third-order valence-electron chi connectivity index (χ3n) is 2.01. The Kier molecular flexibility index (Phi) is 3.08. The fourth-order valence-corrected chi connectivity index (χ4v) is 3.11. The van der Waals surface area contributed by atoms with Crippen LogP contribution in [0.3, 0.4) is 0 Å². The Morgan fingerprint density at radius 2 is 2.27 bits per heavy atom. The van der Waals surface area contributed by atoms with Gasteiger partial charge >= 0.3 is 0 Å². The Morgan fingerprint density at radius 3 is 2.80 bits per heavy atom. The Morgan fingerprint density at radius 1 is 1.53 bits per heavy atom. The fourth-order valence-electron chi connectivity index (χ4n) is 1.39. The zero-order valence-corrected chi connectivity index (χ0v) is 11.5. The molecular formula is C9H10BrN3S2. The molecule has 0 spiro atoms. The molecule has 0 bridgehead atoms. The first-order valence-electron chi connectivity index (χ1n) is 4.52. The van der Waals surface area contributed by atoms with Gasteiger partial charge in [0, 0.05) is 6.04 Å². The summed E-state index contributed by atoms with van der Waals surface area (Å²) in [5.74, 6) is 0.908. The molecule has 0 aliphatic heterocycles. The summed E-state index contributed by atoms with van der Waals surface area (Å²) in [5, 5.41) is 7.09. The third-order valence-corrected chi connectivity index (χ3v) is 3.92. The number of hydrogen-bond donors (Lipinski definition) is 1. The first-order valence-corrected chi connectivity index (χ1v) is 6.54.